The smallest absolute Gasteiger partial charge is 0.221 e. The third-order valence-corrected chi connectivity index (χ3v) is 5.05. The van der Waals surface area contributed by atoms with Crippen LogP contribution in [0.25, 0.3) is 0 Å². The van der Waals surface area contributed by atoms with Gasteiger partial charge in [0.15, 0.2) is 5.78 Å². The van der Waals surface area contributed by atoms with Gasteiger partial charge in [-0.25, -0.2) is 0 Å². The highest BCUT2D eigenvalue weighted by molar-refractivity contribution is 5.98. The Hall–Kier alpha value is -2.66. The standard InChI is InChI=1S/C24H30N2O3/c1-17(2)29-23-8-4-6-20(14-23)24(28)21-7-5-13-26(16-21)15-19-9-11-22(12-10-19)25-18(3)27/h4,6,8-12,14,17,21H,5,7,13,15-16H2,1-3H3,(H,25,27)/t21-/m1/s1. The fraction of sp³-hybridized carbons (Fsp3) is 0.417. The number of rotatable bonds is 7. The van der Waals surface area contributed by atoms with Crippen LogP contribution in [0, 0.1) is 5.92 Å². The first-order valence-electron chi connectivity index (χ1n) is 10.3. The fourth-order valence-corrected chi connectivity index (χ4v) is 3.80. The van der Waals surface area contributed by atoms with Crippen LogP contribution in [0.2, 0.25) is 0 Å². The molecule has 0 saturated carbocycles. The van der Waals surface area contributed by atoms with Gasteiger partial charge in [0.05, 0.1) is 6.10 Å². The predicted molar refractivity (Wildman–Crippen MR) is 115 cm³/mol. The minimum absolute atomic E-state index is 0.0108. The third kappa shape index (κ3) is 6.16. The van der Waals surface area contributed by atoms with Gasteiger partial charge in [0.2, 0.25) is 5.91 Å². The lowest BCUT2D eigenvalue weighted by Gasteiger charge is -2.32. The van der Waals surface area contributed by atoms with Crippen molar-refractivity contribution in [3.63, 3.8) is 0 Å². The number of carbonyl (C=O) groups is 2. The second-order valence-electron chi connectivity index (χ2n) is 8.01. The summed E-state index contributed by atoms with van der Waals surface area (Å²) in [6.45, 7) is 8.03. The van der Waals surface area contributed by atoms with Crippen LogP contribution >= 0.6 is 0 Å². The maximum absolute atomic E-state index is 13.1. The molecule has 0 radical (unpaired) electrons. The summed E-state index contributed by atoms with van der Waals surface area (Å²) in [5, 5.41) is 2.78. The third-order valence-electron chi connectivity index (χ3n) is 5.05. The van der Waals surface area contributed by atoms with E-state index in [1.165, 1.54) is 12.5 Å². The van der Waals surface area contributed by atoms with Crippen LogP contribution in [0.4, 0.5) is 5.69 Å². The zero-order valence-electron chi connectivity index (χ0n) is 17.5. The van der Waals surface area contributed by atoms with E-state index in [0.717, 1.165) is 49.5 Å². The number of carbonyl (C=O) groups excluding carboxylic acids is 2. The summed E-state index contributed by atoms with van der Waals surface area (Å²) in [6.07, 6.45) is 2.02. The largest absolute Gasteiger partial charge is 0.491 e. The lowest BCUT2D eigenvalue weighted by molar-refractivity contribution is -0.114. The van der Waals surface area contributed by atoms with Gasteiger partial charge in [-0.1, -0.05) is 24.3 Å². The van der Waals surface area contributed by atoms with Crippen LogP contribution in [-0.4, -0.2) is 35.8 Å². The number of Topliss-reactive ketones (excluding diaryl/α,β-unsaturated/α-hetero) is 1. The van der Waals surface area contributed by atoms with Gasteiger partial charge in [-0.15, -0.1) is 0 Å². The molecule has 2 aromatic rings. The minimum Gasteiger partial charge on any atom is -0.491 e. The van der Waals surface area contributed by atoms with E-state index in [2.05, 4.69) is 10.2 Å². The van der Waals surface area contributed by atoms with Crippen molar-refractivity contribution in [1.29, 1.82) is 0 Å². The zero-order valence-corrected chi connectivity index (χ0v) is 17.5. The molecule has 1 aliphatic heterocycles. The number of piperidine rings is 1. The molecule has 0 spiro atoms. The molecule has 1 fully saturated rings. The SMILES string of the molecule is CC(=O)Nc1ccc(CN2CCC[C@@H](C(=O)c3cccc(OC(C)C)c3)C2)cc1. The monoisotopic (exact) mass is 394 g/mol. The summed E-state index contributed by atoms with van der Waals surface area (Å²) in [5.74, 6) is 0.886. The molecular formula is C24H30N2O3. The summed E-state index contributed by atoms with van der Waals surface area (Å²) in [7, 11) is 0. The van der Waals surface area contributed by atoms with Crippen molar-refractivity contribution in [2.45, 2.75) is 46.3 Å². The van der Waals surface area contributed by atoms with E-state index in [-0.39, 0.29) is 23.7 Å². The summed E-state index contributed by atoms with van der Waals surface area (Å²) in [5.41, 5.74) is 2.71. The summed E-state index contributed by atoms with van der Waals surface area (Å²) in [4.78, 5) is 26.5. The van der Waals surface area contributed by atoms with Crippen molar-refractivity contribution in [3.8, 4) is 5.75 Å². The highest BCUT2D eigenvalue weighted by Gasteiger charge is 2.26. The molecule has 154 valence electrons. The highest BCUT2D eigenvalue weighted by Crippen LogP contribution is 2.25. The molecule has 0 aliphatic carbocycles. The Morgan fingerprint density at radius 2 is 1.93 bits per heavy atom. The van der Waals surface area contributed by atoms with Gasteiger partial charge in [-0.05, 0) is 63.1 Å². The molecular weight excluding hydrogens is 364 g/mol. The maximum atomic E-state index is 13.1. The first kappa shape index (κ1) is 21.1. The van der Waals surface area contributed by atoms with Crippen LogP contribution in [0.5, 0.6) is 5.75 Å². The van der Waals surface area contributed by atoms with Crippen molar-refractivity contribution >= 4 is 17.4 Å². The molecule has 5 nitrogen and oxygen atoms in total. The number of amides is 1. The average Bonchev–Trinajstić information content (AvgIpc) is 2.68. The molecule has 0 aromatic heterocycles. The second-order valence-corrected chi connectivity index (χ2v) is 8.01. The van der Waals surface area contributed by atoms with Crippen molar-refractivity contribution in [1.82, 2.24) is 4.90 Å². The number of nitrogens with zero attached hydrogens (tertiary/aromatic N) is 1. The molecule has 0 bridgehead atoms. The Morgan fingerprint density at radius 3 is 2.62 bits per heavy atom. The van der Waals surface area contributed by atoms with Gasteiger partial charge < -0.3 is 10.1 Å². The van der Waals surface area contributed by atoms with Crippen LogP contribution in [0.15, 0.2) is 48.5 Å². The molecule has 1 saturated heterocycles. The van der Waals surface area contributed by atoms with E-state index < -0.39 is 0 Å². The topological polar surface area (TPSA) is 58.6 Å². The number of hydrogen-bond donors (Lipinski definition) is 1. The molecule has 1 atom stereocenters. The normalized spacial score (nSPS) is 17.2. The first-order chi connectivity index (χ1) is 13.9. The minimum atomic E-state index is -0.0713. The van der Waals surface area contributed by atoms with Crippen molar-refractivity contribution in [3.05, 3.63) is 59.7 Å². The molecule has 29 heavy (non-hydrogen) atoms. The Balaban J connectivity index is 1.61. The Morgan fingerprint density at radius 1 is 1.17 bits per heavy atom. The number of ether oxygens (including phenoxy) is 1. The Kier molecular flexibility index (Phi) is 7.04. The zero-order chi connectivity index (χ0) is 20.8. The number of likely N-dealkylation sites (tertiary alicyclic amines) is 1. The Labute approximate surface area is 173 Å². The summed E-state index contributed by atoms with van der Waals surface area (Å²) >= 11 is 0. The predicted octanol–water partition coefficient (Wildman–Crippen LogP) is 4.53. The van der Waals surface area contributed by atoms with Crippen LogP contribution < -0.4 is 10.1 Å². The molecule has 1 amide bonds. The van der Waals surface area contributed by atoms with Crippen LogP contribution in [0.1, 0.15) is 49.5 Å². The van der Waals surface area contributed by atoms with E-state index in [4.69, 9.17) is 4.74 Å². The number of anilines is 1. The van der Waals surface area contributed by atoms with Gasteiger partial charge in [0.1, 0.15) is 5.75 Å². The highest BCUT2D eigenvalue weighted by atomic mass is 16.5. The van der Waals surface area contributed by atoms with Crippen molar-refractivity contribution < 1.29 is 14.3 Å². The molecule has 3 rings (SSSR count). The molecule has 1 N–H and O–H groups in total. The van der Waals surface area contributed by atoms with E-state index in [9.17, 15) is 9.59 Å². The first-order valence-corrected chi connectivity index (χ1v) is 10.3. The summed E-state index contributed by atoms with van der Waals surface area (Å²) in [6, 6.07) is 15.4. The Bertz CT molecular complexity index is 845. The van der Waals surface area contributed by atoms with E-state index in [0.29, 0.717) is 0 Å². The van der Waals surface area contributed by atoms with Gasteiger partial charge in [-0.3, -0.25) is 14.5 Å². The summed E-state index contributed by atoms with van der Waals surface area (Å²) < 4.78 is 5.74. The lowest BCUT2D eigenvalue weighted by atomic mass is 9.89. The van der Waals surface area contributed by atoms with Gasteiger partial charge in [0, 0.05) is 37.2 Å². The van der Waals surface area contributed by atoms with Crippen molar-refractivity contribution in [2.75, 3.05) is 18.4 Å². The number of ketones is 1. The average molecular weight is 395 g/mol. The maximum Gasteiger partial charge on any atom is 0.221 e. The van der Waals surface area contributed by atoms with Crippen LogP contribution in [0.3, 0.4) is 0 Å². The van der Waals surface area contributed by atoms with Gasteiger partial charge >= 0.3 is 0 Å². The van der Waals surface area contributed by atoms with Gasteiger partial charge in [0.25, 0.3) is 0 Å². The lowest BCUT2D eigenvalue weighted by Crippen LogP contribution is -2.38. The second kappa shape index (κ2) is 9.70. The fourth-order valence-electron chi connectivity index (χ4n) is 3.80. The van der Waals surface area contributed by atoms with E-state index >= 15 is 0 Å². The molecule has 1 heterocycles. The van der Waals surface area contributed by atoms with E-state index in [1.807, 2.05) is 62.4 Å². The molecule has 1 aliphatic rings. The molecule has 2 aromatic carbocycles. The molecule has 0 unspecified atom stereocenters. The number of nitrogens with one attached hydrogen (secondary N) is 1. The quantitative estimate of drug-likeness (QED) is 0.701. The molecule has 5 heteroatoms. The number of benzene rings is 2. The van der Waals surface area contributed by atoms with Crippen molar-refractivity contribution in [2.24, 2.45) is 5.92 Å². The van der Waals surface area contributed by atoms with Crippen LogP contribution in [-0.2, 0) is 11.3 Å². The van der Waals surface area contributed by atoms with Gasteiger partial charge in [-0.2, -0.15) is 0 Å². The van der Waals surface area contributed by atoms with E-state index in [1.54, 1.807) is 0 Å². The number of hydrogen-bond acceptors (Lipinski definition) is 4.